The monoisotopic (exact) mass is 413 g/mol. The zero-order valence-corrected chi connectivity index (χ0v) is 17.2. The van der Waals surface area contributed by atoms with E-state index in [0.717, 1.165) is 31.3 Å². The first-order valence-corrected chi connectivity index (χ1v) is 10.9. The third kappa shape index (κ3) is 4.13. The Labute approximate surface area is 169 Å². The molecule has 0 amide bonds. The van der Waals surface area contributed by atoms with Crippen LogP contribution in [0.4, 0.5) is 11.9 Å². The number of hydrogen-bond acceptors (Lipinski definition) is 8. The zero-order chi connectivity index (χ0) is 20.4. The Kier molecular flexibility index (Phi) is 5.29. The third-order valence-corrected chi connectivity index (χ3v) is 6.19. The largest absolute Gasteiger partial charge is 0.347 e. The summed E-state index contributed by atoms with van der Waals surface area (Å²) >= 11 is 0. The molecule has 1 N–H and O–H groups in total. The molecule has 0 unspecified atom stereocenters. The average molecular weight is 414 g/mol. The molecule has 1 aromatic carbocycles. The van der Waals surface area contributed by atoms with E-state index < -0.39 is 10.0 Å². The Morgan fingerprint density at radius 2 is 1.83 bits per heavy atom. The highest BCUT2D eigenvalue weighted by molar-refractivity contribution is 7.89. The number of fused-ring (bicyclic) bond motifs is 1. The fourth-order valence-corrected chi connectivity index (χ4v) is 4.42. The van der Waals surface area contributed by atoms with Crippen LogP contribution in [-0.4, -0.2) is 55.5 Å². The maximum absolute atomic E-state index is 12.9. The number of para-hydroxylation sites is 1. The standard InChI is InChI=1S/C19H23N7O2S/c1-25(2)18-22-16(23-19(24-18)26-11-3-4-12-26)13-21-29(27,28)15-9-5-7-14-8-6-10-20-17(14)15/h5-10,21H,3-4,11-13H2,1-2H3. The van der Waals surface area contributed by atoms with Gasteiger partial charge in [-0.2, -0.15) is 15.0 Å². The van der Waals surface area contributed by atoms with Gasteiger partial charge in [-0.3, -0.25) is 4.98 Å². The molecule has 152 valence electrons. The van der Waals surface area contributed by atoms with Crippen molar-refractivity contribution in [2.75, 3.05) is 37.0 Å². The van der Waals surface area contributed by atoms with Crippen LogP contribution >= 0.6 is 0 Å². The summed E-state index contributed by atoms with van der Waals surface area (Å²) in [6, 6.07) is 8.70. The van der Waals surface area contributed by atoms with Gasteiger partial charge in [0.2, 0.25) is 21.9 Å². The Morgan fingerprint density at radius 1 is 1.07 bits per heavy atom. The number of anilines is 2. The fourth-order valence-electron chi connectivity index (χ4n) is 3.26. The van der Waals surface area contributed by atoms with Crippen LogP contribution in [0.15, 0.2) is 41.4 Å². The van der Waals surface area contributed by atoms with Crippen molar-refractivity contribution in [3.63, 3.8) is 0 Å². The summed E-state index contributed by atoms with van der Waals surface area (Å²) in [6.07, 6.45) is 3.77. The highest BCUT2D eigenvalue weighted by Crippen LogP contribution is 2.21. The molecule has 0 spiro atoms. The van der Waals surface area contributed by atoms with Gasteiger partial charge in [-0.25, -0.2) is 13.1 Å². The molecular formula is C19H23N7O2S. The molecule has 9 nitrogen and oxygen atoms in total. The Morgan fingerprint density at radius 3 is 2.59 bits per heavy atom. The summed E-state index contributed by atoms with van der Waals surface area (Å²) in [7, 11) is -0.0981. The highest BCUT2D eigenvalue weighted by Gasteiger charge is 2.21. The lowest BCUT2D eigenvalue weighted by Gasteiger charge is -2.19. The Hall–Kier alpha value is -2.85. The summed E-state index contributed by atoms with van der Waals surface area (Å²) < 4.78 is 28.5. The summed E-state index contributed by atoms with van der Waals surface area (Å²) in [5.74, 6) is 1.47. The van der Waals surface area contributed by atoms with Crippen LogP contribution in [0.1, 0.15) is 18.7 Å². The summed E-state index contributed by atoms with van der Waals surface area (Å²) in [6.45, 7) is 1.75. The lowest BCUT2D eigenvalue weighted by Crippen LogP contribution is -2.28. The topological polar surface area (TPSA) is 104 Å². The van der Waals surface area contributed by atoms with E-state index in [-0.39, 0.29) is 11.4 Å². The number of pyridine rings is 1. The normalized spacial score (nSPS) is 14.5. The minimum absolute atomic E-state index is 0.0320. The van der Waals surface area contributed by atoms with Gasteiger partial charge in [0.1, 0.15) is 4.90 Å². The number of benzene rings is 1. The Balaban J connectivity index is 1.62. The van der Waals surface area contributed by atoms with Crippen molar-refractivity contribution in [1.82, 2.24) is 24.7 Å². The van der Waals surface area contributed by atoms with Crippen molar-refractivity contribution in [3.8, 4) is 0 Å². The van der Waals surface area contributed by atoms with E-state index in [2.05, 4.69) is 29.6 Å². The molecule has 4 rings (SSSR count). The van der Waals surface area contributed by atoms with Gasteiger partial charge in [-0.05, 0) is 25.0 Å². The molecule has 3 heterocycles. The number of sulfonamides is 1. The number of aromatic nitrogens is 4. The third-order valence-electron chi connectivity index (χ3n) is 4.75. The van der Waals surface area contributed by atoms with Crippen LogP contribution in [-0.2, 0) is 16.6 Å². The maximum Gasteiger partial charge on any atom is 0.243 e. The van der Waals surface area contributed by atoms with Crippen LogP contribution in [0.25, 0.3) is 10.9 Å². The predicted octanol–water partition coefficient (Wildman–Crippen LogP) is 1.56. The molecule has 0 radical (unpaired) electrons. The minimum Gasteiger partial charge on any atom is -0.347 e. The average Bonchev–Trinajstić information content (AvgIpc) is 3.26. The van der Waals surface area contributed by atoms with Gasteiger partial charge < -0.3 is 9.80 Å². The summed E-state index contributed by atoms with van der Waals surface area (Å²) in [5, 5.41) is 0.766. The molecule has 0 saturated carbocycles. The second-order valence-electron chi connectivity index (χ2n) is 7.10. The first kappa shape index (κ1) is 19.5. The second kappa shape index (κ2) is 7.88. The number of nitrogens with one attached hydrogen (secondary N) is 1. The molecule has 1 aliphatic heterocycles. The molecule has 3 aromatic rings. The van der Waals surface area contributed by atoms with Crippen molar-refractivity contribution in [2.45, 2.75) is 24.3 Å². The number of rotatable bonds is 6. The van der Waals surface area contributed by atoms with Gasteiger partial charge in [-0.1, -0.05) is 18.2 Å². The van der Waals surface area contributed by atoms with Gasteiger partial charge in [0, 0.05) is 38.8 Å². The van der Waals surface area contributed by atoms with E-state index in [4.69, 9.17) is 0 Å². The van der Waals surface area contributed by atoms with Crippen molar-refractivity contribution in [3.05, 3.63) is 42.4 Å². The molecule has 2 aromatic heterocycles. The van der Waals surface area contributed by atoms with E-state index in [9.17, 15) is 8.42 Å². The molecule has 0 aliphatic carbocycles. The highest BCUT2D eigenvalue weighted by atomic mass is 32.2. The maximum atomic E-state index is 12.9. The smallest absolute Gasteiger partial charge is 0.243 e. The van der Waals surface area contributed by atoms with E-state index in [1.54, 1.807) is 29.3 Å². The molecular weight excluding hydrogens is 390 g/mol. The van der Waals surface area contributed by atoms with Crippen LogP contribution in [0.5, 0.6) is 0 Å². The molecule has 29 heavy (non-hydrogen) atoms. The first-order valence-electron chi connectivity index (χ1n) is 9.45. The first-order chi connectivity index (χ1) is 13.9. The zero-order valence-electron chi connectivity index (χ0n) is 16.4. The predicted molar refractivity (Wildman–Crippen MR) is 111 cm³/mol. The molecule has 0 atom stereocenters. The second-order valence-corrected chi connectivity index (χ2v) is 8.83. The van der Waals surface area contributed by atoms with E-state index in [0.29, 0.717) is 23.2 Å². The SMILES string of the molecule is CN(C)c1nc(CNS(=O)(=O)c2cccc3cccnc23)nc(N2CCCC2)n1. The van der Waals surface area contributed by atoms with Crippen LogP contribution in [0.3, 0.4) is 0 Å². The van der Waals surface area contributed by atoms with E-state index in [1.165, 1.54) is 0 Å². The summed E-state index contributed by atoms with van der Waals surface area (Å²) in [5.41, 5.74) is 0.435. The molecule has 1 aliphatic rings. The van der Waals surface area contributed by atoms with Crippen LogP contribution in [0, 0.1) is 0 Å². The Bertz CT molecular complexity index is 1120. The fraction of sp³-hybridized carbons (Fsp3) is 0.368. The van der Waals surface area contributed by atoms with Crippen LogP contribution < -0.4 is 14.5 Å². The van der Waals surface area contributed by atoms with E-state index >= 15 is 0 Å². The molecule has 10 heteroatoms. The minimum atomic E-state index is -3.79. The van der Waals surface area contributed by atoms with Gasteiger partial charge in [0.05, 0.1) is 12.1 Å². The van der Waals surface area contributed by atoms with Gasteiger partial charge in [0.25, 0.3) is 0 Å². The van der Waals surface area contributed by atoms with Crippen LogP contribution in [0.2, 0.25) is 0 Å². The quantitative estimate of drug-likeness (QED) is 0.649. The lowest BCUT2D eigenvalue weighted by molar-refractivity contribution is 0.579. The molecule has 1 fully saturated rings. The van der Waals surface area contributed by atoms with Crippen molar-refractivity contribution < 1.29 is 8.42 Å². The number of nitrogens with zero attached hydrogens (tertiary/aromatic N) is 6. The molecule has 1 saturated heterocycles. The van der Waals surface area contributed by atoms with Gasteiger partial charge >= 0.3 is 0 Å². The summed E-state index contributed by atoms with van der Waals surface area (Å²) in [4.78, 5) is 21.6. The van der Waals surface area contributed by atoms with Crippen molar-refractivity contribution in [1.29, 1.82) is 0 Å². The van der Waals surface area contributed by atoms with Gasteiger partial charge in [-0.15, -0.1) is 0 Å². The van der Waals surface area contributed by atoms with E-state index in [1.807, 2.05) is 26.2 Å². The molecule has 0 bridgehead atoms. The van der Waals surface area contributed by atoms with Crippen molar-refractivity contribution in [2.24, 2.45) is 0 Å². The lowest BCUT2D eigenvalue weighted by atomic mass is 10.2. The van der Waals surface area contributed by atoms with Crippen molar-refractivity contribution >= 4 is 32.8 Å². The number of hydrogen-bond donors (Lipinski definition) is 1. The van der Waals surface area contributed by atoms with Gasteiger partial charge in [0.15, 0.2) is 5.82 Å².